The maximum absolute atomic E-state index is 10.6. The van der Waals surface area contributed by atoms with Crippen LogP contribution in [0.25, 0.3) is 11.0 Å². The normalized spacial score (nSPS) is 26.8. The maximum atomic E-state index is 10.6. The van der Waals surface area contributed by atoms with Crippen molar-refractivity contribution in [2.75, 3.05) is 17.6 Å². The summed E-state index contributed by atoms with van der Waals surface area (Å²) in [6.07, 6.45) is 3.93. The summed E-state index contributed by atoms with van der Waals surface area (Å²) in [6, 6.07) is 3.61. The Morgan fingerprint density at radius 2 is 2.25 bits per heavy atom. The zero-order valence-corrected chi connectivity index (χ0v) is 11.6. The van der Waals surface area contributed by atoms with E-state index in [1.165, 1.54) is 6.42 Å². The number of nitrogens with one attached hydrogen (secondary N) is 1. The molecule has 108 valence electrons. The number of aliphatic hydroxyl groups is 1. The molecule has 1 saturated carbocycles. The molecular formula is C14H20N4O2. The molecule has 1 fully saturated rings. The van der Waals surface area contributed by atoms with Crippen LogP contribution in [-0.4, -0.2) is 27.6 Å². The van der Waals surface area contributed by atoms with Crippen LogP contribution in [0.3, 0.4) is 0 Å². The van der Waals surface area contributed by atoms with Gasteiger partial charge in [0.25, 0.3) is 0 Å². The molecular weight excluding hydrogens is 256 g/mol. The number of benzene rings is 1. The highest BCUT2D eigenvalue weighted by atomic mass is 16.6. The van der Waals surface area contributed by atoms with E-state index in [0.717, 1.165) is 24.9 Å². The van der Waals surface area contributed by atoms with E-state index in [9.17, 15) is 5.11 Å². The Hall–Kier alpha value is -1.82. The monoisotopic (exact) mass is 276 g/mol. The molecule has 0 bridgehead atoms. The largest absolute Gasteiger partial charge is 0.397 e. The Balaban J connectivity index is 1.77. The molecule has 1 heterocycles. The standard InChI is InChI=1S/C14H20N4O2/c1-9-3-2-6-14(19,7-9)8-16-11-5-4-10(15)12-13(11)18-20-17-12/h4-5,9,16,19H,2-3,6-8,15H2,1H3. The predicted molar refractivity (Wildman–Crippen MR) is 77.3 cm³/mol. The number of hydrogen-bond acceptors (Lipinski definition) is 6. The first-order chi connectivity index (χ1) is 9.57. The Morgan fingerprint density at radius 1 is 1.45 bits per heavy atom. The molecule has 0 radical (unpaired) electrons. The summed E-state index contributed by atoms with van der Waals surface area (Å²) in [4.78, 5) is 0. The van der Waals surface area contributed by atoms with Crippen molar-refractivity contribution in [1.82, 2.24) is 10.3 Å². The summed E-state index contributed by atoms with van der Waals surface area (Å²) in [5, 5.41) is 21.6. The second-order valence-corrected chi connectivity index (χ2v) is 5.94. The SMILES string of the molecule is CC1CCCC(O)(CNc2ccc(N)c3nonc23)C1. The van der Waals surface area contributed by atoms with Crippen LogP contribution < -0.4 is 11.1 Å². The van der Waals surface area contributed by atoms with Gasteiger partial charge in [0, 0.05) is 6.54 Å². The molecule has 3 rings (SSSR count). The first-order valence-electron chi connectivity index (χ1n) is 7.04. The van der Waals surface area contributed by atoms with Gasteiger partial charge in [0.15, 0.2) is 11.0 Å². The lowest BCUT2D eigenvalue weighted by molar-refractivity contribution is -0.000742. The Kier molecular flexibility index (Phi) is 3.25. The zero-order valence-electron chi connectivity index (χ0n) is 11.6. The summed E-state index contributed by atoms with van der Waals surface area (Å²) in [5.74, 6) is 0.565. The molecule has 2 aromatic rings. The maximum Gasteiger partial charge on any atom is 0.160 e. The highest BCUT2D eigenvalue weighted by Crippen LogP contribution is 2.33. The number of hydrogen-bond donors (Lipinski definition) is 3. The van der Waals surface area contributed by atoms with Crippen molar-refractivity contribution in [2.24, 2.45) is 5.92 Å². The minimum atomic E-state index is -0.650. The van der Waals surface area contributed by atoms with Crippen molar-refractivity contribution < 1.29 is 9.74 Å². The molecule has 0 saturated heterocycles. The fourth-order valence-corrected chi connectivity index (χ4v) is 3.08. The number of aromatic nitrogens is 2. The van der Waals surface area contributed by atoms with Gasteiger partial charge in [0.05, 0.1) is 17.0 Å². The molecule has 0 amide bonds. The van der Waals surface area contributed by atoms with E-state index in [2.05, 4.69) is 22.6 Å². The molecule has 1 aliphatic rings. The Morgan fingerprint density at radius 3 is 3.05 bits per heavy atom. The molecule has 2 unspecified atom stereocenters. The van der Waals surface area contributed by atoms with E-state index in [4.69, 9.17) is 10.4 Å². The number of anilines is 2. The fraction of sp³-hybridized carbons (Fsp3) is 0.571. The van der Waals surface area contributed by atoms with E-state index in [1.54, 1.807) is 6.07 Å². The van der Waals surface area contributed by atoms with Gasteiger partial charge in [0.2, 0.25) is 0 Å². The summed E-state index contributed by atoms with van der Waals surface area (Å²) in [7, 11) is 0. The van der Waals surface area contributed by atoms with Gasteiger partial charge in [-0.25, -0.2) is 4.63 Å². The van der Waals surface area contributed by atoms with Crippen molar-refractivity contribution in [3.8, 4) is 0 Å². The topological polar surface area (TPSA) is 97.2 Å². The molecule has 6 heteroatoms. The summed E-state index contributed by atoms with van der Waals surface area (Å²) in [5.41, 5.74) is 7.66. The Labute approximate surface area is 117 Å². The highest BCUT2D eigenvalue weighted by molar-refractivity contribution is 5.94. The second-order valence-electron chi connectivity index (χ2n) is 5.94. The van der Waals surface area contributed by atoms with Gasteiger partial charge in [-0.1, -0.05) is 19.8 Å². The van der Waals surface area contributed by atoms with E-state index >= 15 is 0 Å². The van der Waals surface area contributed by atoms with Crippen molar-refractivity contribution in [3.63, 3.8) is 0 Å². The van der Waals surface area contributed by atoms with Crippen LogP contribution in [0.15, 0.2) is 16.8 Å². The number of rotatable bonds is 3. The predicted octanol–water partition coefficient (Wildman–Crippen LogP) is 2.16. The van der Waals surface area contributed by atoms with Crippen molar-refractivity contribution >= 4 is 22.4 Å². The van der Waals surface area contributed by atoms with Gasteiger partial charge in [-0.2, -0.15) is 0 Å². The molecule has 1 aromatic carbocycles. The van der Waals surface area contributed by atoms with Gasteiger partial charge in [-0.15, -0.1) is 0 Å². The number of nitrogen functional groups attached to an aromatic ring is 1. The van der Waals surface area contributed by atoms with Crippen LogP contribution >= 0.6 is 0 Å². The van der Waals surface area contributed by atoms with Crippen LogP contribution in [0.5, 0.6) is 0 Å². The van der Waals surface area contributed by atoms with E-state index in [-0.39, 0.29) is 0 Å². The van der Waals surface area contributed by atoms with Gasteiger partial charge in [0.1, 0.15) is 0 Å². The third-order valence-electron chi connectivity index (χ3n) is 4.12. The quantitative estimate of drug-likeness (QED) is 0.743. The number of nitrogens with zero attached hydrogens (tertiary/aromatic N) is 2. The first kappa shape index (κ1) is 13.2. The lowest BCUT2D eigenvalue weighted by Crippen LogP contribution is -2.41. The van der Waals surface area contributed by atoms with Gasteiger partial charge in [-0.3, -0.25) is 0 Å². The smallest absolute Gasteiger partial charge is 0.160 e. The third kappa shape index (κ3) is 2.43. The van der Waals surface area contributed by atoms with Gasteiger partial charge in [-0.05, 0) is 41.2 Å². The molecule has 20 heavy (non-hydrogen) atoms. The number of nitrogens with two attached hydrogens (primary N) is 1. The van der Waals surface area contributed by atoms with Crippen molar-refractivity contribution in [2.45, 2.75) is 38.2 Å². The summed E-state index contributed by atoms with van der Waals surface area (Å²) in [6.45, 7) is 2.69. The van der Waals surface area contributed by atoms with E-state index < -0.39 is 5.60 Å². The average Bonchev–Trinajstić information content (AvgIpc) is 2.88. The average molecular weight is 276 g/mol. The molecule has 0 spiro atoms. The molecule has 0 aliphatic heterocycles. The summed E-state index contributed by atoms with van der Waals surface area (Å²) >= 11 is 0. The van der Waals surface area contributed by atoms with Crippen LogP contribution in [0.4, 0.5) is 11.4 Å². The Bertz CT molecular complexity index is 612. The van der Waals surface area contributed by atoms with Crippen molar-refractivity contribution in [1.29, 1.82) is 0 Å². The fourth-order valence-electron chi connectivity index (χ4n) is 3.08. The molecule has 1 aromatic heterocycles. The molecule has 6 nitrogen and oxygen atoms in total. The zero-order chi connectivity index (χ0) is 14.2. The molecule has 2 atom stereocenters. The molecule has 1 aliphatic carbocycles. The first-order valence-corrected chi connectivity index (χ1v) is 7.04. The van der Waals surface area contributed by atoms with E-state index in [0.29, 0.717) is 29.2 Å². The van der Waals surface area contributed by atoms with Crippen molar-refractivity contribution in [3.05, 3.63) is 12.1 Å². The second kappa shape index (κ2) is 4.94. The lowest BCUT2D eigenvalue weighted by atomic mass is 9.79. The minimum absolute atomic E-state index is 0.503. The van der Waals surface area contributed by atoms with Crippen LogP contribution in [0.2, 0.25) is 0 Å². The van der Waals surface area contributed by atoms with E-state index in [1.807, 2.05) is 6.07 Å². The minimum Gasteiger partial charge on any atom is -0.397 e. The molecule has 4 N–H and O–H groups in total. The third-order valence-corrected chi connectivity index (χ3v) is 4.12. The lowest BCUT2D eigenvalue weighted by Gasteiger charge is -2.35. The highest BCUT2D eigenvalue weighted by Gasteiger charge is 2.32. The number of fused-ring (bicyclic) bond motifs is 1. The van der Waals surface area contributed by atoms with Crippen LogP contribution in [0.1, 0.15) is 32.6 Å². The van der Waals surface area contributed by atoms with Gasteiger partial charge < -0.3 is 16.2 Å². The van der Waals surface area contributed by atoms with Crippen LogP contribution in [0, 0.1) is 5.92 Å². The van der Waals surface area contributed by atoms with Crippen LogP contribution in [-0.2, 0) is 0 Å². The summed E-state index contributed by atoms with van der Waals surface area (Å²) < 4.78 is 4.74. The van der Waals surface area contributed by atoms with Gasteiger partial charge >= 0.3 is 0 Å².